The summed E-state index contributed by atoms with van der Waals surface area (Å²) in [6.07, 6.45) is 2.00. The Kier molecular flexibility index (Phi) is 4.24. The van der Waals surface area contributed by atoms with Gasteiger partial charge in [-0.15, -0.1) is 11.3 Å². The van der Waals surface area contributed by atoms with Gasteiger partial charge in [0.25, 0.3) is 0 Å². The van der Waals surface area contributed by atoms with Crippen molar-refractivity contribution >= 4 is 33.8 Å². The highest BCUT2D eigenvalue weighted by atomic mass is 32.1. The number of anilines is 1. The number of thiophene rings is 1. The molecule has 0 spiro atoms. The smallest absolute Gasteiger partial charge is 0.340 e. The first-order valence-corrected chi connectivity index (χ1v) is 8.09. The zero-order chi connectivity index (χ0) is 15.5. The maximum absolute atomic E-state index is 11.9. The molecule has 0 unspecified atom stereocenters. The van der Waals surface area contributed by atoms with Crippen molar-refractivity contribution in [2.24, 2.45) is 4.99 Å². The van der Waals surface area contributed by atoms with E-state index in [1.165, 1.54) is 18.4 Å². The van der Waals surface area contributed by atoms with Crippen LogP contribution in [0.3, 0.4) is 0 Å². The zero-order valence-electron chi connectivity index (χ0n) is 12.7. The monoisotopic (exact) mass is 314 g/mol. The van der Waals surface area contributed by atoms with E-state index in [2.05, 4.69) is 17.0 Å². The average molecular weight is 314 g/mol. The fourth-order valence-corrected chi connectivity index (χ4v) is 3.50. The first-order valence-electron chi connectivity index (χ1n) is 7.28. The molecule has 5 heteroatoms. The van der Waals surface area contributed by atoms with Gasteiger partial charge >= 0.3 is 5.97 Å². The predicted octanol–water partition coefficient (Wildman–Crippen LogP) is 4.17. The summed E-state index contributed by atoms with van der Waals surface area (Å²) >= 11 is 1.53. The molecule has 0 saturated carbocycles. The summed E-state index contributed by atoms with van der Waals surface area (Å²) in [4.78, 5) is 19.9. The third-order valence-electron chi connectivity index (χ3n) is 3.63. The van der Waals surface area contributed by atoms with Gasteiger partial charge in [-0.3, -0.25) is 0 Å². The van der Waals surface area contributed by atoms with Crippen LogP contribution in [0.5, 0.6) is 0 Å². The molecule has 1 fully saturated rings. The number of ether oxygens (including phenoxy) is 1. The molecule has 2 heterocycles. The SMILES string of the molecule is COC(=O)c1cc(C)sc1N=C1CCCN1c1ccccc1. The molecule has 22 heavy (non-hydrogen) atoms. The Labute approximate surface area is 134 Å². The van der Waals surface area contributed by atoms with E-state index >= 15 is 0 Å². The number of nitrogens with zero attached hydrogens (tertiary/aromatic N) is 2. The second-order valence-corrected chi connectivity index (χ2v) is 6.42. The second-order valence-electron chi connectivity index (χ2n) is 5.19. The van der Waals surface area contributed by atoms with Gasteiger partial charge in [-0.1, -0.05) is 18.2 Å². The molecule has 0 radical (unpaired) electrons. The molecule has 2 aromatic rings. The van der Waals surface area contributed by atoms with Crippen LogP contribution in [0.15, 0.2) is 41.4 Å². The average Bonchev–Trinajstić information content (AvgIpc) is 3.14. The summed E-state index contributed by atoms with van der Waals surface area (Å²) in [5, 5.41) is 0.738. The molecule has 0 N–H and O–H groups in total. The Morgan fingerprint density at radius 2 is 2.09 bits per heavy atom. The van der Waals surface area contributed by atoms with Gasteiger partial charge in [-0.25, -0.2) is 9.79 Å². The standard InChI is InChI=1S/C17H18N2O2S/c1-12-11-14(17(20)21-2)16(22-12)18-15-9-6-10-19(15)13-7-4-3-5-8-13/h3-5,7-8,11H,6,9-10H2,1-2H3. The van der Waals surface area contributed by atoms with Gasteiger partial charge in [0.2, 0.25) is 0 Å². The van der Waals surface area contributed by atoms with Gasteiger partial charge in [0.15, 0.2) is 0 Å². The maximum Gasteiger partial charge on any atom is 0.340 e. The fraction of sp³-hybridized carbons (Fsp3) is 0.294. The summed E-state index contributed by atoms with van der Waals surface area (Å²) in [5.41, 5.74) is 1.70. The molecule has 0 amide bonds. The van der Waals surface area contributed by atoms with Crippen LogP contribution in [-0.2, 0) is 4.74 Å². The molecule has 4 nitrogen and oxygen atoms in total. The Bertz CT molecular complexity index is 707. The van der Waals surface area contributed by atoms with E-state index < -0.39 is 0 Å². The molecular formula is C17H18N2O2S. The highest BCUT2D eigenvalue weighted by molar-refractivity contribution is 7.16. The van der Waals surface area contributed by atoms with Crippen molar-refractivity contribution in [2.75, 3.05) is 18.6 Å². The Hall–Kier alpha value is -2.14. The lowest BCUT2D eigenvalue weighted by molar-refractivity contribution is 0.0602. The van der Waals surface area contributed by atoms with Gasteiger partial charge in [0.1, 0.15) is 10.8 Å². The van der Waals surface area contributed by atoms with Crippen LogP contribution in [0.2, 0.25) is 0 Å². The van der Waals surface area contributed by atoms with Gasteiger partial charge in [0.05, 0.1) is 12.7 Å². The van der Waals surface area contributed by atoms with Crippen molar-refractivity contribution in [2.45, 2.75) is 19.8 Å². The highest BCUT2D eigenvalue weighted by Crippen LogP contribution is 2.33. The molecule has 1 aliphatic heterocycles. The Balaban J connectivity index is 1.96. The van der Waals surface area contributed by atoms with Crippen LogP contribution in [-0.4, -0.2) is 25.5 Å². The largest absolute Gasteiger partial charge is 0.465 e. The minimum Gasteiger partial charge on any atom is -0.465 e. The number of carbonyl (C=O) groups is 1. The third kappa shape index (κ3) is 2.90. The number of hydrogen-bond donors (Lipinski definition) is 0. The lowest BCUT2D eigenvalue weighted by Gasteiger charge is -2.18. The number of carbonyl (C=O) groups excluding carboxylic acids is 1. The van der Waals surface area contributed by atoms with Crippen LogP contribution in [0.25, 0.3) is 0 Å². The van der Waals surface area contributed by atoms with Crippen LogP contribution < -0.4 is 4.90 Å². The summed E-state index contributed by atoms with van der Waals surface area (Å²) in [5.74, 6) is 0.686. The summed E-state index contributed by atoms with van der Waals surface area (Å²) < 4.78 is 4.85. The van der Waals surface area contributed by atoms with Gasteiger partial charge in [-0.05, 0) is 31.5 Å². The molecule has 1 aliphatic rings. The molecule has 3 rings (SSSR count). The minimum absolute atomic E-state index is 0.326. The lowest BCUT2D eigenvalue weighted by atomic mass is 10.3. The van der Waals surface area contributed by atoms with E-state index in [0.29, 0.717) is 5.56 Å². The van der Waals surface area contributed by atoms with E-state index in [-0.39, 0.29) is 5.97 Å². The molecule has 1 aromatic heterocycles. The number of aryl methyl sites for hydroxylation is 1. The lowest BCUT2D eigenvalue weighted by Crippen LogP contribution is -2.23. The van der Waals surface area contributed by atoms with Gasteiger partial charge in [0, 0.05) is 23.5 Å². The van der Waals surface area contributed by atoms with Crippen LogP contribution >= 0.6 is 11.3 Å². The molecule has 1 aromatic carbocycles. The summed E-state index contributed by atoms with van der Waals surface area (Å²) in [7, 11) is 1.40. The van der Waals surface area contributed by atoms with E-state index in [0.717, 1.165) is 40.8 Å². The number of hydrogen-bond acceptors (Lipinski definition) is 4. The van der Waals surface area contributed by atoms with Crippen LogP contribution in [0, 0.1) is 6.92 Å². The minimum atomic E-state index is -0.326. The topological polar surface area (TPSA) is 41.9 Å². The zero-order valence-corrected chi connectivity index (χ0v) is 13.5. The second kappa shape index (κ2) is 6.32. The Morgan fingerprint density at radius 3 is 2.82 bits per heavy atom. The number of aliphatic imine (C=N–C) groups is 1. The van der Waals surface area contributed by atoms with Crippen molar-refractivity contribution in [3.8, 4) is 0 Å². The number of rotatable bonds is 3. The van der Waals surface area contributed by atoms with Crippen LogP contribution in [0.4, 0.5) is 10.7 Å². The molecule has 1 saturated heterocycles. The van der Waals surface area contributed by atoms with E-state index in [9.17, 15) is 4.79 Å². The van der Waals surface area contributed by atoms with Gasteiger partial charge < -0.3 is 9.64 Å². The number of methoxy groups -OCH3 is 1. The molecule has 114 valence electrons. The number of esters is 1. The Morgan fingerprint density at radius 1 is 1.32 bits per heavy atom. The molecule has 0 atom stereocenters. The normalized spacial score (nSPS) is 16.3. The first-order chi connectivity index (χ1) is 10.7. The van der Waals surface area contributed by atoms with Gasteiger partial charge in [-0.2, -0.15) is 0 Å². The fourth-order valence-electron chi connectivity index (χ4n) is 2.62. The van der Waals surface area contributed by atoms with Crippen molar-refractivity contribution in [1.29, 1.82) is 0 Å². The van der Waals surface area contributed by atoms with E-state index in [4.69, 9.17) is 9.73 Å². The molecule has 0 aliphatic carbocycles. The molecular weight excluding hydrogens is 296 g/mol. The van der Waals surface area contributed by atoms with E-state index in [1.807, 2.05) is 31.2 Å². The quantitative estimate of drug-likeness (QED) is 0.798. The number of amidine groups is 1. The maximum atomic E-state index is 11.9. The van der Waals surface area contributed by atoms with Crippen molar-refractivity contribution < 1.29 is 9.53 Å². The summed E-state index contributed by atoms with van der Waals surface area (Å²) in [6.45, 7) is 2.94. The van der Waals surface area contributed by atoms with Crippen molar-refractivity contribution in [3.63, 3.8) is 0 Å². The number of benzene rings is 1. The third-order valence-corrected chi connectivity index (χ3v) is 4.58. The van der Waals surface area contributed by atoms with Crippen molar-refractivity contribution in [3.05, 3.63) is 46.8 Å². The summed E-state index contributed by atoms with van der Waals surface area (Å²) in [6, 6.07) is 12.1. The van der Waals surface area contributed by atoms with Crippen molar-refractivity contribution in [1.82, 2.24) is 0 Å². The number of para-hydroxylation sites is 1. The van der Waals surface area contributed by atoms with Crippen LogP contribution in [0.1, 0.15) is 28.1 Å². The highest BCUT2D eigenvalue weighted by Gasteiger charge is 2.22. The van der Waals surface area contributed by atoms with E-state index in [1.54, 1.807) is 0 Å². The first kappa shape index (κ1) is 14.8. The molecule has 0 bridgehead atoms. The predicted molar refractivity (Wildman–Crippen MR) is 90.5 cm³/mol.